The highest BCUT2D eigenvalue weighted by Crippen LogP contribution is 2.28. The molecule has 0 unspecified atom stereocenters. The average Bonchev–Trinajstić information content (AvgIpc) is 2.81. The third kappa shape index (κ3) is 3.55. The lowest BCUT2D eigenvalue weighted by molar-refractivity contribution is 0.0626. The Morgan fingerprint density at radius 3 is 2.81 bits per heavy atom. The van der Waals surface area contributed by atoms with Crippen molar-refractivity contribution in [2.24, 2.45) is 13.0 Å². The van der Waals surface area contributed by atoms with Gasteiger partial charge >= 0.3 is 0 Å². The van der Waals surface area contributed by atoms with Gasteiger partial charge in [0.25, 0.3) is 0 Å². The van der Waals surface area contributed by atoms with Crippen molar-refractivity contribution in [1.29, 1.82) is 0 Å². The second kappa shape index (κ2) is 7.52. The lowest BCUT2D eigenvalue weighted by Gasteiger charge is -2.32. The Morgan fingerprint density at radius 2 is 2.07 bits per heavy atom. The Hall–Kier alpha value is -2.06. The number of ether oxygens (including phenoxy) is 1. The topological polar surface area (TPSA) is 59.3 Å². The van der Waals surface area contributed by atoms with E-state index >= 15 is 0 Å². The van der Waals surface area contributed by atoms with Crippen molar-refractivity contribution in [2.45, 2.75) is 32.9 Å². The first-order chi connectivity index (χ1) is 13.1. The van der Waals surface area contributed by atoms with Gasteiger partial charge in [0.05, 0.1) is 31.1 Å². The molecule has 2 saturated heterocycles. The van der Waals surface area contributed by atoms with Crippen LogP contribution in [0.5, 0.6) is 0 Å². The van der Waals surface area contributed by atoms with Gasteiger partial charge in [0.1, 0.15) is 6.33 Å². The summed E-state index contributed by atoms with van der Waals surface area (Å²) in [5.41, 5.74) is 2.90. The zero-order chi connectivity index (χ0) is 19.0. The van der Waals surface area contributed by atoms with Crippen molar-refractivity contribution in [2.75, 3.05) is 37.7 Å². The van der Waals surface area contributed by atoms with Gasteiger partial charge in [-0.3, -0.25) is 9.58 Å². The molecule has 2 bridgehead atoms. The van der Waals surface area contributed by atoms with Crippen molar-refractivity contribution in [3.63, 3.8) is 0 Å². The molecule has 2 aliphatic heterocycles. The Kier molecular flexibility index (Phi) is 5.10. The molecule has 2 aromatic rings. The molecule has 2 atom stereocenters. The van der Waals surface area contributed by atoms with Gasteiger partial charge in [-0.1, -0.05) is 6.92 Å². The first-order valence-electron chi connectivity index (χ1n) is 9.60. The second-order valence-electron chi connectivity index (χ2n) is 7.59. The Morgan fingerprint density at radius 1 is 1.22 bits per heavy atom. The lowest BCUT2D eigenvalue weighted by Crippen LogP contribution is -2.44. The van der Waals surface area contributed by atoms with Crippen LogP contribution in [0.3, 0.4) is 0 Å². The zero-order valence-electron chi connectivity index (χ0n) is 16.2. The summed E-state index contributed by atoms with van der Waals surface area (Å²) in [4.78, 5) is 12.9. The van der Waals surface area contributed by atoms with Crippen LogP contribution < -0.4 is 4.90 Å². The number of rotatable bonds is 4. The predicted octanol–water partition coefficient (Wildman–Crippen LogP) is 1.56. The van der Waals surface area contributed by atoms with Crippen molar-refractivity contribution >= 4 is 5.82 Å². The van der Waals surface area contributed by atoms with E-state index in [4.69, 9.17) is 4.74 Å². The van der Waals surface area contributed by atoms with Gasteiger partial charge < -0.3 is 9.64 Å². The van der Waals surface area contributed by atoms with E-state index in [1.54, 1.807) is 0 Å². The number of hydrogen-bond donors (Lipinski definition) is 0. The van der Waals surface area contributed by atoms with Crippen LogP contribution >= 0.6 is 0 Å². The molecule has 7 nitrogen and oxygen atoms in total. The first kappa shape index (κ1) is 18.3. The van der Waals surface area contributed by atoms with Crippen molar-refractivity contribution in [1.82, 2.24) is 24.6 Å². The quantitative estimate of drug-likeness (QED) is 0.810. The lowest BCUT2D eigenvalue weighted by atomic mass is 10.1. The molecule has 4 heterocycles. The normalized spacial score (nSPS) is 23.5. The number of nitrogens with zero attached hydrogens (tertiary/aromatic N) is 6. The van der Waals surface area contributed by atoms with Gasteiger partial charge in [0.2, 0.25) is 0 Å². The Labute approximate surface area is 159 Å². The standard InChI is InChI=1S/C19H27FN6O/c1-4-17-18(20)19(22-12-21-17)26-7-14-6-25(9-16(26)11-27-10-14)8-15-5-23-24(3)13(15)2/h5,12,14,16H,4,6-11H2,1-3H3/t14-,16-/m0/s1. The molecule has 0 amide bonds. The molecule has 4 rings (SSSR count). The predicted molar refractivity (Wildman–Crippen MR) is 100 cm³/mol. The summed E-state index contributed by atoms with van der Waals surface area (Å²) in [6.45, 7) is 8.64. The molecule has 2 fully saturated rings. The Bertz CT molecular complexity index is 809. The fraction of sp³-hybridized carbons (Fsp3) is 0.632. The van der Waals surface area contributed by atoms with E-state index in [1.165, 1.54) is 17.6 Å². The van der Waals surface area contributed by atoms with E-state index in [0.717, 1.165) is 26.2 Å². The van der Waals surface area contributed by atoms with E-state index in [9.17, 15) is 4.39 Å². The molecule has 0 N–H and O–H groups in total. The minimum Gasteiger partial charge on any atom is -0.379 e. The highest BCUT2D eigenvalue weighted by molar-refractivity contribution is 5.43. The number of aryl methyl sites for hydroxylation is 2. The molecule has 27 heavy (non-hydrogen) atoms. The minimum absolute atomic E-state index is 0.0728. The number of fused-ring (bicyclic) bond motifs is 3. The van der Waals surface area contributed by atoms with Gasteiger partial charge in [-0.25, -0.2) is 14.4 Å². The third-order valence-corrected chi connectivity index (χ3v) is 5.73. The van der Waals surface area contributed by atoms with E-state index in [0.29, 0.717) is 37.1 Å². The van der Waals surface area contributed by atoms with E-state index < -0.39 is 0 Å². The second-order valence-corrected chi connectivity index (χ2v) is 7.59. The summed E-state index contributed by atoms with van der Waals surface area (Å²) in [6.07, 6.45) is 3.98. The van der Waals surface area contributed by atoms with Crippen LogP contribution in [0.15, 0.2) is 12.5 Å². The Balaban J connectivity index is 1.59. The molecule has 0 saturated carbocycles. The molecule has 2 aromatic heterocycles. The summed E-state index contributed by atoms with van der Waals surface area (Å²) in [6, 6.07) is 0.0728. The third-order valence-electron chi connectivity index (χ3n) is 5.73. The molecular weight excluding hydrogens is 347 g/mol. The number of halogens is 1. The summed E-state index contributed by atoms with van der Waals surface area (Å²) >= 11 is 0. The molecular formula is C19H27FN6O. The maximum Gasteiger partial charge on any atom is 0.187 e. The number of anilines is 1. The fourth-order valence-electron chi connectivity index (χ4n) is 4.11. The molecule has 2 aliphatic rings. The van der Waals surface area contributed by atoms with Crippen LogP contribution in [0.4, 0.5) is 10.2 Å². The molecule has 8 heteroatoms. The number of hydrogen-bond acceptors (Lipinski definition) is 6. The summed E-state index contributed by atoms with van der Waals surface area (Å²) in [5, 5.41) is 4.36. The first-order valence-corrected chi connectivity index (χ1v) is 9.60. The van der Waals surface area contributed by atoms with Crippen LogP contribution in [0.1, 0.15) is 23.9 Å². The van der Waals surface area contributed by atoms with Gasteiger partial charge in [0.15, 0.2) is 11.6 Å². The zero-order valence-corrected chi connectivity index (χ0v) is 16.2. The largest absolute Gasteiger partial charge is 0.379 e. The molecule has 0 spiro atoms. The number of aromatic nitrogens is 4. The van der Waals surface area contributed by atoms with Crippen molar-refractivity contribution in [3.8, 4) is 0 Å². The summed E-state index contributed by atoms with van der Waals surface area (Å²) < 4.78 is 22.7. The van der Waals surface area contributed by atoms with E-state index in [-0.39, 0.29) is 11.9 Å². The maximum atomic E-state index is 14.9. The van der Waals surface area contributed by atoms with Crippen LogP contribution in [0, 0.1) is 18.7 Å². The monoisotopic (exact) mass is 374 g/mol. The summed E-state index contributed by atoms with van der Waals surface area (Å²) in [7, 11) is 1.97. The molecule has 146 valence electrons. The van der Waals surface area contributed by atoms with Gasteiger partial charge in [0, 0.05) is 50.4 Å². The van der Waals surface area contributed by atoms with Gasteiger partial charge in [-0.2, -0.15) is 5.10 Å². The van der Waals surface area contributed by atoms with Crippen LogP contribution in [0.25, 0.3) is 0 Å². The van der Waals surface area contributed by atoms with Crippen LogP contribution in [-0.2, 0) is 24.8 Å². The summed E-state index contributed by atoms with van der Waals surface area (Å²) in [5.74, 6) is 0.442. The van der Waals surface area contributed by atoms with Crippen molar-refractivity contribution in [3.05, 3.63) is 35.3 Å². The minimum atomic E-state index is -0.290. The van der Waals surface area contributed by atoms with Crippen LogP contribution in [-0.4, -0.2) is 63.5 Å². The maximum absolute atomic E-state index is 14.9. The van der Waals surface area contributed by atoms with Crippen molar-refractivity contribution < 1.29 is 9.13 Å². The molecule has 0 aliphatic carbocycles. The van der Waals surface area contributed by atoms with Gasteiger partial charge in [-0.15, -0.1) is 0 Å². The fourth-order valence-corrected chi connectivity index (χ4v) is 4.11. The molecule has 0 radical (unpaired) electrons. The molecule has 0 aromatic carbocycles. The highest BCUT2D eigenvalue weighted by Gasteiger charge is 2.35. The highest BCUT2D eigenvalue weighted by atomic mass is 19.1. The average molecular weight is 374 g/mol. The van der Waals surface area contributed by atoms with Gasteiger partial charge in [-0.05, 0) is 13.3 Å². The SMILES string of the molecule is CCc1ncnc(N2C[C@H]3COC[C@@H]2CN(Cc2cnn(C)c2C)C3)c1F. The van der Waals surface area contributed by atoms with E-state index in [1.807, 2.05) is 24.9 Å². The van der Waals surface area contributed by atoms with Crippen LogP contribution in [0.2, 0.25) is 0 Å². The smallest absolute Gasteiger partial charge is 0.187 e. The van der Waals surface area contributed by atoms with E-state index in [2.05, 4.69) is 31.8 Å².